The van der Waals surface area contributed by atoms with E-state index < -0.39 is 0 Å². The second-order valence-electron chi connectivity index (χ2n) is 29.7. The molecule has 0 radical (unpaired) electrons. The van der Waals surface area contributed by atoms with Crippen LogP contribution in [-0.2, 0) is 10.8 Å². The smallest absolute Gasteiger partial charge is 0.0641 e. The minimum absolute atomic E-state index is 0.0844. The third-order valence-corrected chi connectivity index (χ3v) is 23.5. The monoisotopic (exact) mass is 1430 g/mol. The zero-order chi connectivity index (χ0) is 71.7. The third kappa shape index (κ3) is 10.4. The zero-order valence-electron chi connectivity index (χ0n) is 59.9. The van der Waals surface area contributed by atoms with Crippen LogP contribution in [0.25, 0.3) is 171 Å². The largest absolute Gasteiger partial charge is 0.354 e. The minimum Gasteiger partial charge on any atom is -0.354 e. The first-order valence-corrected chi connectivity index (χ1v) is 37.9. The molecule has 508 valence electrons. The molecule has 107 heavy (non-hydrogen) atoms. The van der Waals surface area contributed by atoms with Gasteiger partial charge in [0.2, 0.25) is 0 Å². The highest BCUT2D eigenvalue weighted by molar-refractivity contribution is 9.10. The fourth-order valence-corrected chi connectivity index (χ4v) is 18.2. The molecule has 0 fully saturated rings. The van der Waals surface area contributed by atoms with Gasteiger partial charge < -0.3 is 18.7 Å². The summed E-state index contributed by atoms with van der Waals surface area (Å²) in [6, 6.07) is 132. The van der Waals surface area contributed by atoms with Crippen molar-refractivity contribution in [3.63, 3.8) is 0 Å². The van der Waals surface area contributed by atoms with E-state index >= 15 is 0 Å². The number of H-pyrrole nitrogens is 1. The molecule has 0 unspecified atom stereocenters. The van der Waals surface area contributed by atoms with Gasteiger partial charge in [0.1, 0.15) is 0 Å². The van der Waals surface area contributed by atoms with Crippen molar-refractivity contribution in [2.24, 2.45) is 0 Å². The van der Waals surface area contributed by atoms with Gasteiger partial charge in [-0.25, -0.2) is 0 Å². The number of nitrogens with one attached hydrogen (secondary N) is 1. The first-order chi connectivity index (χ1) is 52.5. The lowest BCUT2D eigenvalue weighted by atomic mass is 9.82. The molecule has 0 amide bonds. The predicted octanol–water partition coefficient (Wildman–Crippen LogP) is 28.0. The maximum Gasteiger partial charge on any atom is 0.0641 e. The summed E-state index contributed by atoms with van der Waals surface area (Å²) in [5.41, 5.74) is 34.1. The van der Waals surface area contributed by atoms with Crippen molar-refractivity contribution in [1.29, 1.82) is 0 Å². The molecular weight excluding hydrogens is 1360 g/mol. The van der Waals surface area contributed by atoms with Gasteiger partial charge in [0.05, 0.1) is 38.6 Å². The number of rotatable bonds is 7. The summed E-state index contributed by atoms with van der Waals surface area (Å²) in [4.78, 5) is 3.72. The molecule has 2 aliphatic rings. The maximum absolute atomic E-state index is 3.72. The van der Waals surface area contributed by atoms with Crippen LogP contribution >= 0.6 is 15.9 Å². The van der Waals surface area contributed by atoms with Crippen molar-refractivity contribution in [3.8, 4) is 83.8 Å². The van der Waals surface area contributed by atoms with Crippen LogP contribution in [0.1, 0.15) is 49.9 Å². The molecule has 0 atom stereocenters. The number of benzene rings is 16. The van der Waals surface area contributed by atoms with Crippen molar-refractivity contribution in [2.45, 2.75) is 38.5 Å². The summed E-state index contributed by atoms with van der Waals surface area (Å²) >= 11 is 3.56. The molecule has 0 bridgehead atoms. The quantitative estimate of drug-likeness (QED) is 0.165. The maximum atomic E-state index is 3.72. The van der Waals surface area contributed by atoms with Crippen LogP contribution in [-0.4, -0.2) is 18.7 Å². The summed E-state index contributed by atoms with van der Waals surface area (Å²) in [7, 11) is 0. The van der Waals surface area contributed by atoms with Crippen molar-refractivity contribution in [1.82, 2.24) is 18.7 Å². The standard InChI is InChI=1S/C51H36N2.C36H24N2.C15H13Br/c1-51(2)44-20-9-6-17-39(44)40-28-27-38(32-45(40)51)53-46-21-10-7-18-41(46)42-29-30-48-49(50(42)53)43-19-8-11-22-47(43)52(48)37-16-12-15-36(31-37)35-25-23-34(24-26-35)33-13-4-3-5-14-33;1-2-9-24(10-3-1)25-17-19-26(20-18-25)27-11-8-12-28(23-27)38-33-16-7-5-14-31(33)35-34(38)22-21-30-29-13-4-6-15-32(29)37-36(30)35;1-15(2)13-6-4-3-5-11(13)12-8-7-10(16)9-14(12)15/h3-32H,1-2H3;1-23,37H;3-9H,1-2H3. The van der Waals surface area contributed by atoms with Gasteiger partial charge in [-0.05, 0) is 174 Å². The Morgan fingerprint density at radius 1 is 0.243 bits per heavy atom. The van der Waals surface area contributed by atoms with E-state index in [1.807, 2.05) is 0 Å². The molecule has 5 heteroatoms. The Bertz CT molecular complexity index is 6920. The van der Waals surface area contributed by atoms with E-state index in [4.69, 9.17) is 0 Å². The van der Waals surface area contributed by atoms with Gasteiger partial charge in [-0.15, -0.1) is 0 Å². The van der Waals surface area contributed by atoms with Crippen LogP contribution in [0, 0.1) is 0 Å². The molecule has 4 aromatic heterocycles. The topological polar surface area (TPSA) is 30.6 Å². The molecule has 0 aliphatic heterocycles. The molecule has 0 saturated heterocycles. The minimum atomic E-state index is -0.0844. The van der Waals surface area contributed by atoms with Gasteiger partial charge in [0.15, 0.2) is 0 Å². The van der Waals surface area contributed by atoms with Gasteiger partial charge in [0.25, 0.3) is 0 Å². The Kier molecular flexibility index (Phi) is 15.1. The number of para-hydroxylation sites is 4. The molecule has 4 nitrogen and oxygen atoms in total. The van der Waals surface area contributed by atoms with Gasteiger partial charge in [-0.3, -0.25) is 0 Å². The van der Waals surface area contributed by atoms with E-state index in [0.717, 1.165) is 15.8 Å². The summed E-state index contributed by atoms with van der Waals surface area (Å²) in [6.07, 6.45) is 0. The number of aromatic amines is 1. The van der Waals surface area contributed by atoms with Gasteiger partial charge in [-0.2, -0.15) is 0 Å². The molecular formula is C102H73BrN4. The van der Waals surface area contributed by atoms with Crippen molar-refractivity contribution < 1.29 is 0 Å². The fourth-order valence-electron chi connectivity index (χ4n) is 17.8. The molecule has 20 aromatic rings. The number of nitrogens with zero attached hydrogens (tertiary/aromatic N) is 3. The Morgan fingerprint density at radius 2 is 0.636 bits per heavy atom. The molecule has 0 saturated carbocycles. The highest BCUT2D eigenvalue weighted by Gasteiger charge is 2.37. The van der Waals surface area contributed by atoms with Gasteiger partial charge in [0, 0.05) is 81.0 Å². The van der Waals surface area contributed by atoms with E-state index in [1.54, 1.807) is 0 Å². The Hall–Kier alpha value is -12.8. The molecule has 1 N–H and O–H groups in total. The van der Waals surface area contributed by atoms with Crippen LogP contribution < -0.4 is 0 Å². The SMILES string of the molecule is CC1(C)c2ccccc2-c2ccc(-n3c4ccccc4c4ccc5c(c6ccccc6n5-c5cccc(-c6ccc(-c7ccccc7)cc6)c5)c43)cc21.CC1(C)c2ccccc2-c2ccc(Br)cc21.c1ccc(-c2ccc(-c3cccc(-n4c5ccccc5c5c6[nH]c7ccccc7c6ccc54)c3)cc2)cc1. The van der Waals surface area contributed by atoms with E-state index in [2.05, 4.69) is 426 Å². The third-order valence-electron chi connectivity index (χ3n) is 23.0. The van der Waals surface area contributed by atoms with Crippen molar-refractivity contribution in [3.05, 3.63) is 391 Å². The second-order valence-corrected chi connectivity index (χ2v) is 30.6. The molecule has 16 aromatic carbocycles. The number of aromatic nitrogens is 4. The van der Waals surface area contributed by atoms with E-state index in [9.17, 15) is 0 Å². The number of halogens is 1. The normalized spacial score (nSPS) is 13.1. The molecule has 0 spiro atoms. The number of fused-ring (bicyclic) bond motifs is 20. The number of hydrogen-bond acceptors (Lipinski definition) is 0. The predicted molar refractivity (Wildman–Crippen MR) is 456 cm³/mol. The van der Waals surface area contributed by atoms with Crippen molar-refractivity contribution in [2.75, 3.05) is 0 Å². The van der Waals surface area contributed by atoms with Gasteiger partial charge in [-0.1, -0.05) is 323 Å². The molecule has 2 aliphatic carbocycles. The fraction of sp³-hybridized carbons (Fsp3) is 0.0588. The van der Waals surface area contributed by atoms with Crippen LogP contribution in [0.2, 0.25) is 0 Å². The molecule has 4 heterocycles. The second kappa shape index (κ2) is 25.2. The average molecular weight is 1430 g/mol. The van der Waals surface area contributed by atoms with Crippen LogP contribution in [0.5, 0.6) is 0 Å². The van der Waals surface area contributed by atoms with E-state index in [0.29, 0.717) is 0 Å². The van der Waals surface area contributed by atoms with Crippen LogP contribution in [0.3, 0.4) is 0 Å². The van der Waals surface area contributed by atoms with Gasteiger partial charge >= 0.3 is 0 Å². The van der Waals surface area contributed by atoms with E-state index in [1.165, 1.54) is 182 Å². The van der Waals surface area contributed by atoms with Crippen LogP contribution in [0.15, 0.2) is 368 Å². The lowest BCUT2D eigenvalue weighted by Crippen LogP contribution is -2.15. The highest BCUT2D eigenvalue weighted by Crippen LogP contribution is 2.52. The van der Waals surface area contributed by atoms with E-state index in [-0.39, 0.29) is 10.8 Å². The Morgan fingerprint density at radius 3 is 1.20 bits per heavy atom. The summed E-state index contributed by atoms with van der Waals surface area (Å²) in [5, 5.41) is 10.1. The summed E-state index contributed by atoms with van der Waals surface area (Å²) < 4.78 is 8.54. The number of hydrogen-bond donors (Lipinski definition) is 1. The highest BCUT2D eigenvalue weighted by atomic mass is 79.9. The lowest BCUT2D eigenvalue weighted by molar-refractivity contribution is 0.660. The summed E-state index contributed by atoms with van der Waals surface area (Å²) in [6.45, 7) is 9.32. The Balaban J connectivity index is 0.000000121. The first-order valence-electron chi connectivity index (χ1n) is 37.1. The summed E-state index contributed by atoms with van der Waals surface area (Å²) in [5.74, 6) is 0. The Labute approximate surface area is 630 Å². The average Bonchev–Trinajstić information content (AvgIpc) is 1.54. The van der Waals surface area contributed by atoms with Crippen LogP contribution in [0.4, 0.5) is 0 Å². The molecule has 22 rings (SSSR count). The lowest BCUT2D eigenvalue weighted by Gasteiger charge is -2.22. The zero-order valence-corrected chi connectivity index (χ0v) is 61.4. The van der Waals surface area contributed by atoms with Crippen molar-refractivity contribution >= 4 is 103 Å². The first kappa shape index (κ1) is 63.9.